The molecule has 2 aromatic heterocycles. The van der Waals surface area contributed by atoms with Crippen molar-refractivity contribution in [2.45, 2.75) is 13.8 Å². The zero-order valence-electron chi connectivity index (χ0n) is 12.7. The van der Waals surface area contributed by atoms with E-state index < -0.39 is 0 Å². The lowest BCUT2D eigenvalue weighted by Crippen LogP contribution is -1.93. The molecule has 106 valence electrons. The molecular formula is C20H16N2. The van der Waals surface area contributed by atoms with Crippen molar-refractivity contribution in [3.05, 3.63) is 71.8 Å². The van der Waals surface area contributed by atoms with E-state index in [2.05, 4.69) is 62.4 Å². The molecule has 2 heteroatoms. The Hall–Kier alpha value is -2.74. The number of pyridine rings is 2. The molecule has 0 saturated carbocycles. The predicted molar refractivity (Wildman–Crippen MR) is 92.0 cm³/mol. The van der Waals surface area contributed by atoms with Gasteiger partial charge in [-0.1, -0.05) is 36.4 Å². The first kappa shape index (κ1) is 13.0. The largest absolute Gasteiger partial charge is 0.246 e. The molecule has 4 aromatic rings. The van der Waals surface area contributed by atoms with Gasteiger partial charge in [0, 0.05) is 10.8 Å². The molecule has 0 fully saturated rings. The van der Waals surface area contributed by atoms with Crippen LogP contribution in [0.1, 0.15) is 11.1 Å². The van der Waals surface area contributed by atoms with Gasteiger partial charge >= 0.3 is 0 Å². The molecule has 22 heavy (non-hydrogen) atoms. The minimum absolute atomic E-state index is 0.935. The van der Waals surface area contributed by atoms with Gasteiger partial charge in [-0.05, 0) is 49.2 Å². The number of aryl methyl sites for hydroxylation is 2. The van der Waals surface area contributed by atoms with Crippen molar-refractivity contribution >= 4 is 21.8 Å². The van der Waals surface area contributed by atoms with Crippen LogP contribution < -0.4 is 0 Å². The van der Waals surface area contributed by atoms with Crippen molar-refractivity contribution in [2.75, 3.05) is 0 Å². The highest BCUT2D eigenvalue weighted by atomic mass is 14.8. The second kappa shape index (κ2) is 4.92. The molecule has 0 atom stereocenters. The standard InChI is InChI=1S/C20H16N2/c1-13-11-19(21-17-9-5-3-7-15(13)17)20-12-14(2)16-8-4-6-10-18(16)22-20/h3-12H,1-2H3. The molecule has 0 saturated heterocycles. The number of para-hydroxylation sites is 2. The van der Waals surface area contributed by atoms with Crippen LogP contribution in [-0.4, -0.2) is 9.97 Å². The molecule has 0 bridgehead atoms. The van der Waals surface area contributed by atoms with E-state index in [0.29, 0.717) is 0 Å². The summed E-state index contributed by atoms with van der Waals surface area (Å²) in [6.45, 7) is 4.25. The Balaban J connectivity index is 1.99. The second-order valence-electron chi connectivity index (χ2n) is 5.68. The van der Waals surface area contributed by atoms with Crippen molar-refractivity contribution in [1.29, 1.82) is 0 Å². The first-order chi connectivity index (χ1) is 10.7. The summed E-state index contributed by atoms with van der Waals surface area (Å²) in [7, 11) is 0. The smallest absolute Gasteiger partial charge is 0.0896 e. The SMILES string of the molecule is Cc1cc(-c2cc(C)c3ccccc3n2)nc2ccccc12. The molecule has 0 aliphatic heterocycles. The van der Waals surface area contributed by atoms with Crippen LogP contribution in [0.4, 0.5) is 0 Å². The van der Waals surface area contributed by atoms with Gasteiger partial charge < -0.3 is 0 Å². The van der Waals surface area contributed by atoms with Crippen LogP contribution in [-0.2, 0) is 0 Å². The summed E-state index contributed by atoms with van der Waals surface area (Å²) in [6.07, 6.45) is 0. The van der Waals surface area contributed by atoms with Crippen LogP contribution in [0.15, 0.2) is 60.7 Å². The second-order valence-corrected chi connectivity index (χ2v) is 5.68. The van der Waals surface area contributed by atoms with Gasteiger partial charge in [0.05, 0.1) is 22.4 Å². The van der Waals surface area contributed by atoms with Gasteiger partial charge in [-0.3, -0.25) is 0 Å². The number of benzene rings is 2. The Labute approximate surface area is 129 Å². The highest BCUT2D eigenvalue weighted by Crippen LogP contribution is 2.26. The third-order valence-electron chi connectivity index (χ3n) is 4.11. The van der Waals surface area contributed by atoms with E-state index in [1.165, 1.54) is 21.9 Å². The summed E-state index contributed by atoms with van der Waals surface area (Å²) in [5.41, 5.74) is 6.37. The van der Waals surface area contributed by atoms with Gasteiger partial charge in [-0.2, -0.15) is 0 Å². The fraction of sp³-hybridized carbons (Fsp3) is 0.100. The van der Waals surface area contributed by atoms with Gasteiger partial charge in [0.25, 0.3) is 0 Å². The molecule has 0 N–H and O–H groups in total. The number of aromatic nitrogens is 2. The maximum Gasteiger partial charge on any atom is 0.0896 e. The number of hydrogen-bond donors (Lipinski definition) is 0. The van der Waals surface area contributed by atoms with Gasteiger partial charge in [0.1, 0.15) is 0 Å². The summed E-state index contributed by atoms with van der Waals surface area (Å²) >= 11 is 0. The minimum atomic E-state index is 0.935. The summed E-state index contributed by atoms with van der Waals surface area (Å²) in [5.74, 6) is 0. The molecule has 0 aliphatic carbocycles. The van der Waals surface area contributed by atoms with E-state index in [-0.39, 0.29) is 0 Å². The van der Waals surface area contributed by atoms with Crippen LogP contribution in [0.25, 0.3) is 33.2 Å². The van der Waals surface area contributed by atoms with Crippen molar-refractivity contribution in [3.63, 3.8) is 0 Å². The van der Waals surface area contributed by atoms with Crippen molar-refractivity contribution in [2.24, 2.45) is 0 Å². The average molecular weight is 284 g/mol. The van der Waals surface area contributed by atoms with Gasteiger partial charge in [0.2, 0.25) is 0 Å². The van der Waals surface area contributed by atoms with Crippen LogP contribution in [0.2, 0.25) is 0 Å². The third-order valence-corrected chi connectivity index (χ3v) is 4.11. The van der Waals surface area contributed by atoms with Crippen molar-refractivity contribution in [1.82, 2.24) is 9.97 Å². The molecule has 2 nitrogen and oxygen atoms in total. The zero-order chi connectivity index (χ0) is 15.1. The Bertz CT molecular complexity index is 920. The highest BCUT2D eigenvalue weighted by Gasteiger charge is 2.08. The Morgan fingerprint density at radius 2 is 1.00 bits per heavy atom. The lowest BCUT2D eigenvalue weighted by molar-refractivity contribution is 1.29. The van der Waals surface area contributed by atoms with Crippen LogP contribution in [0.5, 0.6) is 0 Å². The zero-order valence-corrected chi connectivity index (χ0v) is 12.7. The Morgan fingerprint density at radius 1 is 0.591 bits per heavy atom. The molecular weight excluding hydrogens is 268 g/mol. The fourth-order valence-corrected chi connectivity index (χ4v) is 2.96. The Morgan fingerprint density at radius 3 is 1.45 bits per heavy atom. The number of hydrogen-bond acceptors (Lipinski definition) is 2. The monoisotopic (exact) mass is 284 g/mol. The fourth-order valence-electron chi connectivity index (χ4n) is 2.96. The van der Waals surface area contributed by atoms with E-state index in [1.54, 1.807) is 0 Å². The summed E-state index contributed by atoms with van der Waals surface area (Å²) in [5, 5.41) is 2.40. The number of rotatable bonds is 1. The molecule has 0 amide bonds. The summed E-state index contributed by atoms with van der Waals surface area (Å²) in [4.78, 5) is 9.58. The van der Waals surface area contributed by atoms with Crippen molar-refractivity contribution in [3.8, 4) is 11.4 Å². The predicted octanol–water partition coefficient (Wildman–Crippen LogP) is 5.07. The molecule has 4 rings (SSSR count). The highest BCUT2D eigenvalue weighted by molar-refractivity contribution is 5.87. The molecule has 0 unspecified atom stereocenters. The van der Waals surface area contributed by atoms with E-state index in [0.717, 1.165) is 22.4 Å². The molecule has 2 heterocycles. The number of fused-ring (bicyclic) bond motifs is 2. The first-order valence-corrected chi connectivity index (χ1v) is 7.45. The topological polar surface area (TPSA) is 25.8 Å². The molecule has 0 aliphatic rings. The van der Waals surface area contributed by atoms with Gasteiger partial charge in [-0.25, -0.2) is 9.97 Å². The van der Waals surface area contributed by atoms with Crippen LogP contribution in [0.3, 0.4) is 0 Å². The third kappa shape index (κ3) is 2.04. The van der Waals surface area contributed by atoms with Crippen LogP contribution in [0, 0.1) is 13.8 Å². The van der Waals surface area contributed by atoms with Gasteiger partial charge in [-0.15, -0.1) is 0 Å². The normalized spacial score (nSPS) is 11.2. The number of nitrogens with zero attached hydrogens (tertiary/aromatic N) is 2. The first-order valence-electron chi connectivity index (χ1n) is 7.45. The van der Waals surface area contributed by atoms with E-state index in [1.807, 2.05) is 12.1 Å². The Kier molecular flexibility index (Phi) is 2.90. The maximum atomic E-state index is 4.79. The van der Waals surface area contributed by atoms with E-state index >= 15 is 0 Å². The quantitative estimate of drug-likeness (QED) is 0.488. The lowest BCUT2D eigenvalue weighted by Gasteiger charge is -2.09. The van der Waals surface area contributed by atoms with Gasteiger partial charge in [0.15, 0.2) is 0 Å². The minimum Gasteiger partial charge on any atom is -0.246 e. The molecule has 0 spiro atoms. The summed E-state index contributed by atoms with van der Waals surface area (Å²) < 4.78 is 0. The molecule has 2 aromatic carbocycles. The average Bonchev–Trinajstić information content (AvgIpc) is 2.55. The lowest BCUT2D eigenvalue weighted by atomic mass is 10.0. The molecule has 0 radical (unpaired) electrons. The van der Waals surface area contributed by atoms with E-state index in [4.69, 9.17) is 9.97 Å². The summed E-state index contributed by atoms with van der Waals surface area (Å²) in [6, 6.07) is 20.7. The van der Waals surface area contributed by atoms with Crippen molar-refractivity contribution < 1.29 is 0 Å². The van der Waals surface area contributed by atoms with Crippen LogP contribution >= 0.6 is 0 Å². The van der Waals surface area contributed by atoms with E-state index in [9.17, 15) is 0 Å². The maximum absolute atomic E-state index is 4.79.